The average Bonchev–Trinajstić information content (AvgIpc) is 2.49. The van der Waals surface area contributed by atoms with Gasteiger partial charge in [-0.05, 0) is 43.7 Å². The molecule has 2 aromatic rings. The molecule has 1 aliphatic rings. The Morgan fingerprint density at radius 1 is 1.32 bits per heavy atom. The van der Waals surface area contributed by atoms with Crippen molar-refractivity contribution in [2.45, 2.75) is 32.4 Å². The Balaban J connectivity index is 1.94. The average molecular weight is 316 g/mol. The number of hydrogen-bond acceptors (Lipinski definition) is 3. The lowest BCUT2D eigenvalue weighted by molar-refractivity contribution is -0.117. The maximum absolute atomic E-state index is 11.9. The topological polar surface area (TPSA) is 45.2 Å². The molecule has 2 heterocycles. The first-order valence-electron chi connectivity index (χ1n) is 7.32. The first kappa shape index (κ1) is 14.9. The van der Waals surface area contributed by atoms with E-state index in [1.165, 1.54) is 0 Å². The number of aromatic nitrogens is 1. The van der Waals surface area contributed by atoms with Crippen LogP contribution in [0.15, 0.2) is 42.7 Å². The fourth-order valence-electron chi connectivity index (χ4n) is 3.06. The molecule has 0 bridgehead atoms. The maximum atomic E-state index is 11.9. The van der Waals surface area contributed by atoms with Crippen molar-refractivity contribution in [3.63, 3.8) is 0 Å². The van der Waals surface area contributed by atoms with Gasteiger partial charge in [0.1, 0.15) is 0 Å². The maximum Gasteiger partial charge on any atom is 0.224 e. The fraction of sp³-hybridized carbons (Fsp3) is 0.294. The van der Waals surface area contributed by atoms with Gasteiger partial charge < -0.3 is 10.2 Å². The quantitative estimate of drug-likeness (QED) is 0.910. The Labute approximate surface area is 135 Å². The SMILES string of the molecule is CC(=O)N1c2ccncc2[C@@H](Nc2ccc(Cl)cc2)C[C@H]1C. The number of nitrogens with zero attached hydrogens (tertiary/aromatic N) is 2. The molecule has 0 fully saturated rings. The third kappa shape index (κ3) is 2.79. The molecule has 1 aliphatic heterocycles. The van der Waals surface area contributed by atoms with Crippen LogP contribution in [-0.2, 0) is 4.79 Å². The highest BCUT2D eigenvalue weighted by molar-refractivity contribution is 6.30. The first-order valence-corrected chi connectivity index (χ1v) is 7.70. The van der Waals surface area contributed by atoms with Crippen LogP contribution in [0.1, 0.15) is 31.9 Å². The molecule has 114 valence electrons. The molecule has 1 aromatic heterocycles. The van der Waals surface area contributed by atoms with Gasteiger partial charge in [0.25, 0.3) is 0 Å². The summed E-state index contributed by atoms with van der Waals surface area (Å²) in [5.41, 5.74) is 2.99. The van der Waals surface area contributed by atoms with Crippen molar-refractivity contribution in [1.29, 1.82) is 0 Å². The predicted octanol–water partition coefficient (Wildman–Crippen LogP) is 4.03. The number of halogens is 1. The molecule has 0 spiro atoms. The van der Waals surface area contributed by atoms with Crippen molar-refractivity contribution in [3.8, 4) is 0 Å². The minimum absolute atomic E-state index is 0.0601. The zero-order chi connectivity index (χ0) is 15.7. The predicted molar refractivity (Wildman–Crippen MR) is 89.3 cm³/mol. The number of nitrogens with one attached hydrogen (secondary N) is 1. The van der Waals surface area contributed by atoms with Gasteiger partial charge in [0.05, 0.1) is 11.7 Å². The fourth-order valence-corrected chi connectivity index (χ4v) is 3.19. The minimum Gasteiger partial charge on any atom is -0.378 e. The van der Waals surface area contributed by atoms with Crippen LogP contribution in [0.3, 0.4) is 0 Å². The third-order valence-corrected chi connectivity index (χ3v) is 4.26. The summed E-state index contributed by atoms with van der Waals surface area (Å²) >= 11 is 5.93. The number of hydrogen-bond donors (Lipinski definition) is 1. The molecule has 1 amide bonds. The molecule has 0 radical (unpaired) electrons. The van der Waals surface area contributed by atoms with E-state index >= 15 is 0 Å². The Kier molecular flexibility index (Phi) is 4.03. The Morgan fingerprint density at radius 3 is 2.73 bits per heavy atom. The van der Waals surface area contributed by atoms with Crippen LogP contribution in [0.25, 0.3) is 0 Å². The van der Waals surface area contributed by atoms with E-state index in [9.17, 15) is 4.79 Å². The van der Waals surface area contributed by atoms with E-state index in [4.69, 9.17) is 11.6 Å². The Hall–Kier alpha value is -2.07. The number of carbonyl (C=O) groups excluding carboxylic acids is 1. The van der Waals surface area contributed by atoms with Gasteiger partial charge in [-0.25, -0.2) is 0 Å². The number of rotatable bonds is 2. The molecular weight excluding hydrogens is 298 g/mol. The molecule has 1 N–H and O–H groups in total. The van der Waals surface area contributed by atoms with Gasteiger partial charge in [-0.1, -0.05) is 11.6 Å². The third-order valence-electron chi connectivity index (χ3n) is 4.00. The van der Waals surface area contributed by atoms with E-state index in [0.29, 0.717) is 5.02 Å². The highest BCUT2D eigenvalue weighted by Gasteiger charge is 2.32. The lowest BCUT2D eigenvalue weighted by Gasteiger charge is -2.39. The van der Waals surface area contributed by atoms with Gasteiger partial charge >= 0.3 is 0 Å². The zero-order valence-electron chi connectivity index (χ0n) is 12.6. The standard InChI is InChI=1S/C17H18ClN3O/c1-11-9-16(20-14-5-3-13(18)4-6-14)15-10-19-8-7-17(15)21(11)12(2)22/h3-8,10-11,16,20H,9H2,1-2H3/t11-,16+/m1/s1. The summed E-state index contributed by atoms with van der Waals surface area (Å²) < 4.78 is 0. The summed E-state index contributed by atoms with van der Waals surface area (Å²) in [4.78, 5) is 18.0. The van der Waals surface area contributed by atoms with Gasteiger partial charge in [-0.15, -0.1) is 0 Å². The van der Waals surface area contributed by atoms with Gasteiger partial charge in [-0.2, -0.15) is 0 Å². The summed E-state index contributed by atoms with van der Waals surface area (Å²) in [5.74, 6) is 0.0601. The summed E-state index contributed by atoms with van der Waals surface area (Å²) in [6.45, 7) is 3.68. The molecule has 22 heavy (non-hydrogen) atoms. The van der Waals surface area contributed by atoms with Gasteiger partial charge in [0, 0.05) is 41.6 Å². The number of amides is 1. The number of anilines is 2. The lowest BCUT2D eigenvalue weighted by Crippen LogP contribution is -2.43. The summed E-state index contributed by atoms with van der Waals surface area (Å²) in [7, 11) is 0. The van der Waals surface area contributed by atoms with E-state index in [1.54, 1.807) is 13.1 Å². The molecule has 0 unspecified atom stereocenters. The van der Waals surface area contributed by atoms with Crippen LogP contribution in [0, 0.1) is 0 Å². The number of carbonyl (C=O) groups is 1. The molecular formula is C17H18ClN3O. The second kappa shape index (κ2) is 5.97. The van der Waals surface area contributed by atoms with E-state index in [2.05, 4.69) is 17.2 Å². The molecule has 0 aliphatic carbocycles. The number of benzene rings is 1. The van der Waals surface area contributed by atoms with Crippen molar-refractivity contribution in [3.05, 3.63) is 53.3 Å². The molecule has 0 saturated carbocycles. The first-order chi connectivity index (χ1) is 10.6. The van der Waals surface area contributed by atoms with E-state index in [-0.39, 0.29) is 18.0 Å². The summed E-state index contributed by atoms with van der Waals surface area (Å²) in [5, 5.41) is 4.23. The highest BCUT2D eigenvalue weighted by Crippen LogP contribution is 2.38. The summed E-state index contributed by atoms with van der Waals surface area (Å²) in [6.07, 6.45) is 4.40. The Morgan fingerprint density at radius 2 is 2.05 bits per heavy atom. The van der Waals surface area contributed by atoms with Crippen molar-refractivity contribution in [1.82, 2.24) is 4.98 Å². The van der Waals surface area contributed by atoms with Gasteiger partial charge in [-0.3, -0.25) is 9.78 Å². The van der Waals surface area contributed by atoms with E-state index < -0.39 is 0 Å². The van der Waals surface area contributed by atoms with Crippen molar-refractivity contribution in [2.24, 2.45) is 0 Å². The van der Waals surface area contributed by atoms with E-state index in [0.717, 1.165) is 23.4 Å². The lowest BCUT2D eigenvalue weighted by atomic mass is 9.93. The number of pyridine rings is 1. The zero-order valence-corrected chi connectivity index (χ0v) is 13.3. The van der Waals surface area contributed by atoms with Gasteiger partial charge in [0.15, 0.2) is 0 Å². The molecule has 5 heteroatoms. The Bertz CT molecular complexity index is 687. The van der Waals surface area contributed by atoms with Gasteiger partial charge in [0.2, 0.25) is 5.91 Å². The minimum atomic E-state index is 0.0601. The highest BCUT2D eigenvalue weighted by atomic mass is 35.5. The van der Waals surface area contributed by atoms with Crippen molar-refractivity contribution < 1.29 is 4.79 Å². The van der Waals surface area contributed by atoms with Crippen LogP contribution in [0.2, 0.25) is 5.02 Å². The monoisotopic (exact) mass is 315 g/mol. The molecule has 4 nitrogen and oxygen atoms in total. The van der Waals surface area contributed by atoms with Crippen LogP contribution < -0.4 is 10.2 Å². The van der Waals surface area contributed by atoms with Crippen LogP contribution in [-0.4, -0.2) is 16.9 Å². The molecule has 2 atom stereocenters. The normalized spacial score (nSPS) is 20.4. The number of fused-ring (bicyclic) bond motifs is 1. The summed E-state index contributed by atoms with van der Waals surface area (Å²) in [6, 6.07) is 9.81. The smallest absolute Gasteiger partial charge is 0.224 e. The second-order valence-corrected chi connectivity index (χ2v) is 6.05. The largest absolute Gasteiger partial charge is 0.378 e. The van der Waals surface area contributed by atoms with Crippen molar-refractivity contribution in [2.75, 3.05) is 10.2 Å². The molecule has 3 rings (SSSR count). The van der Waals surface area contributed by atoms with Crippen molar-refractivity contribution >= 4 is 28.9 Å². The van der Waals surface area contributed by atoms with Crippen LogP contribution >= 0.6 is 11.6 Å². The van der Waals surface area contributed by atoms with Crippen LogP contribution in [0.5, 0.6) is 0 Å². The van der Waals surface area contributed by atoms with E-state index in [1.807, 2.05) is 41.4 Å². The second-order valence-electron chi connectivity index (χ2n) is 5.61. The molecule has 1 aromatic carbocycles. The molecule has 0 saturated heterocycles. The van der Waals surface area contributed by atoms with Crippen LogP contribution in [0.4, 0.5) is 11.4 Å².